The maximum absolute atomic E-state index is 5.48. The van der Waals surface area contributed by atoms with Crippen LogP contribution < -0.4 is 5.32 Å². The lowest BCUT2D eigenvalue weighted by atomic mass is 9.95. The van der Waals surface area contributed by atoms with Crippen molar-refractivity contribution in [3.05, 3.63) is 0 Å². The predicted molar refractivity (Wildman–Crippen MR) is 64.2 cm³/mol. The molecule has 1 unspecified atom stereocenters. The number of piperazine rings is 1. The zero-order chi connectivity index (χ0) is 11.3. The van der Waals surface area contributed by atoms with Gasteiger partial charge in [0.15, 0.2) is 0 Å². The van der Waals surface area contributed by atoms with Crippen LogP contribution >= 0.6 is 0 Å². The van der Waals surface area contributed by atoms with E-state index in [2.05, 4.69) is 24.1 Å². The van der Waals surface area contributed by atoms with Gasteiger partial charge in [0, 0.05) is 32.3 Å². The third-order valence-electron chi connectivity index (χ3n) is 3.24. The number of ether oxygens (including phenoxy) is 1. The van der Waals surface area contributed by atoms with Crippen molar-refractivity contribution in [2.75, 3.05) is 32.8 Å². The molecule has 0 amide bonds. The molecule has 3 nitrogen and oxygen atoms in total. The quantitative estimate of drug-likeness (QED) is 0.715. The monoisotopic (exact) mass is 214 g/mol. The van der Waals surface area contributed by atoms with Gasteiger partial charge < -0.3 is 10.1 Å². The van der Waals surface area contributed by atoms with Crippen LogP contribution in [0.5, 0.6) is 0 Å². The number of nitrogens with zero attached hydrogens (tertiary/aromatic N) is 1. The summed E-state index contributed by atoms with van der Waals surface area (Å²) in [4.78, 5) is 2.55. The molecule has 15 heavy (non-hydrogen) atoms. The lowest BCUT2D eigenvalue weighted by Crippen LogP contribution is -2.62. The van der Waals surface area contributed by atoms with Gasteiger partial charge in [-0.15, -0.1) is 0 Å². The van der Waals surface area contributed by atoms with Crippen molar-refractivity contribution in [3.63, 3.8) is 0 Å². The molecule has 1 spiro atoms. The fraction of sp³-hybridized carbons (Fsp3) is 1.00. The average molecular weight is 214 g/mol. The SMILES string of the molecule is CC.CC(C)N1CCNC2(CCOC2)C1. The Kier molecular flexibility index (Phi) is 5.03. The van der Waals surface area contributed by atoms with E-state index in [1.807, 2.05) is 13.8 Å². The summed E-state index contributed by atoms with van der Waals surface area (Å²) in [6.45, 7) is 13.8. The fourth-order valence-electron chi connectivity index (χ4n) is 2.30. The zero-order valence-electron chi connectivity index (χ0n) is 10.7. The Balaban J connectivity index is 0.000000531. The first-order valence-corrected chi connectivity index (χ1v) is 6.29. The number of hydrogen-bond donors (Lipinski definition) is 1. The average Bonchev–Trinajstić information content (AvgIpc) is 2.69. The predicted octanol–water partition coefficient (Wildman–Crippen LogP) is 1.49. The van der Waals surface area contributed by atoms with Crippen molar-refractivity contribution >= 4 is 0 Å². The maximum atomic E-state index is 5.48. The second-order valence-electron chi connectivity index (χ2n) is 4.57. The van der Waals surface area contributed by atoms with Gasteiger partial charge in [-0.3, -0.25) is 4.90 Å². The smallest absolute Gasteiger partial charge is 0.0661 e. The summed E-state index contributed by atoms with van der Waals surface area (Å²) in [5.41, 5.74) is 0.280. The first-order valence-electron chi connectivity index (χ1n) is 6.29. The van der Waals surface area contributed by atoms with Gasteiger partial charge in [-0.1, -0.05) is 13.8 Å². The van der Waals surface area contributed by atoms with E-state index in [0.29, 0.717) is 6.04 Å². The van der Waals surface area contributed by atoms with Gasteiger partial charge in [0.1, 0.15) is 0 Å². The second-order valence-corrected chi connectivity index (χ2v) is 4.57. The molecule has 0 saturated carbocycles. The van der Waals surface area contributed by atoms with E-state index in [0.717, 1.165) is 26.3 Å². The molecule has 0 radical (unpaired) electrons. The molecule has 1 N–H and O–H groups in total. The fourth-order valence-corrected chi connectivity index (χ4v) is 2.30. The molecule has 0 aliphatic carbocycles. The summed E-state index contributed by atoms with van der Waals surface area (Å²) in [6, 6.07) is 0.666. The molecular formula is C12H26N2O. The lowest BCUT2D eigenvalue weighted by Gasteiger charge is -2.42. The molecule has 2 aliphatic heterocycles. The topological polar surface area (TPSA) is 24.5 Å². The van der Waals surface area contributed by atoms with E-state index in [4.69, 9.17) is 4.74 Å². The van der Waals surface area contributed by atoms with Gasteiger partial charge in [0.05, 0.1) is 12.1 Å². The Morgan fingerprint density at radius 3 is 2.60 bits per heavy atom. The Hall–Kier alpha value is -0.120. The lowest BCUT2D eigenvalue weighted by molar-refractivity contribution is 0.0868. The first-order chi connectivity index (χ1) is 7.22. The second kappa shape index (κ2) is 5.83. The van der Waals surface area contributed by atoms with Crippen LogP contribution in [0.4, 0.5) is 0 Å². The third-order valence-corrected chi connectivity index (χ3v) is 3.24. The minimum Gasteiger partial charge on any atom is -0.379 e. The Bertz CT molecular complexity index is 176. The van der Waals surface area contributed by atoms with Crippen LogP contribution in [-0.2, 0) is 4.74 Å². The highest BCUT2D eigenvalue weighted by Crippen LogP contribution is 2.23. The minimum absolute atomic E-state index is 0.280. The molecule has 0 bridgehead atoms. The van der Waals surface area contributed by atoms with Gasteiger partial charge in [-0.05, 0) is 20.3 Å². The van der Waals surface area contributed by atoms with Crippen molar-refractivity contribution < 1.29 is 4.74 Å². The van der Waals surface area contributed by atoms with Crippen LogP contribution in [0.2, 0.25) is 0 Å². The largest absolute Gasteiger partial charge is 0.379 e. The van der Waals surface area contributed by atoms with Crippen LogP contribution in [0, 0.1) is 0 Å². The molecule has 2 heterocycles. The van der Waals surface area contributed by atoms with Crippen LogP contribution in [-0.4, -0.2) is 49.3 Å². The normalized spacial score (nSPS) is 31.8. The van der Waals surface area contributed by atoms with Crippen LogP contribution in [0.25, 0.3) is 0 Å². The van der Waals surface area contributed by atoms with Gasteiger partial charge >= 0.3 is 0 Å². The number of nitrogens with one attached hydrogen (secondary N) is 1. The van der Waals surface area contributed by atoms with Crippen LogP contribution in [0.15, 0.2) is 0 Å². The molecule has 2 rings (SSSR count). The van der Waals surface area contributed by atoms with E-state index >= 15 is 0 Å². The molecule has 90 valence electrons. The van der Waals surface area contributed by atoms with E-state index in [9.17, 15) is 0 Å². The van der Waals surface area contributed by atoms with Gasteiger partial charge in [-0.2, -0.15) is 0 Å². The molecule has 1 atom stereocenters. The van der Waals surface area contributed by atoms with Crippen molar-refractivity contribution in [3.8, 4) is 0 Å². The van der Waals surface area contributed by atoms with Gasteiger partial charge in [0.2, 0.25) is 0 Å². The molecule has 0 aromatic heterocycles. The molecular weight excluding hydrogens is 188 g/mol. The summed E-state index contributed by atoms with van der Waals surface area (Å²) in [6.07, 6.45) is 1.18. The van der Waals surface area contributed by atoms with Crippen molar-refractivity contribution in [1.82, 2.24) is 10.2 Å². The Morgan fingerprint density at radius 2 is 2.07 bits per heavy atom. The highest BCUT2D eigenvalue weighted by atomic mass is 16.5. The number of hydrogen-bond acceptors (Lipinski definition) is 3. The van der Waals surface area contributed by atoms with E-state index < -0.39 is 0 Å². The highest BCUT2D eigenvalue weighted by Gasteiger charge is 2.38. The Labute approximate surface area is 94.2 Å². The summed E-state index contributed by atoms with van der Waals surface area (Å²) < 4.78 is 5.48. The van der Waals surface area contributed by atoms with Crippen molar-refractivity contribution in [2.45, 2.75) is 45.7 Å². The summed E-state index contributed by atoms with van der Waals surface area (Å²) >= 11 is 0. The van der Waals surface area contributed by atoms with E-state index in [1.165, 1.54) is 13.0 Å². The molecule has 2 saturated heterocycles. The summed E-state index contributed by atoms with van der Waals surface area (Å²) in [7, 11) is 0. The van der Waals surface area contributed by atoms with Gasteiger partial charge in [0.25, 0.3) is 0 Å². The summed E-state index contributed by atoms with van der Waals surface area (Å²) in [5, 5.41) is 3.61. The van der Waals surface area contributed by atoms with Crippen molar-refractivity contribution in [1.29, 1.82) is 0 Å². The van der Waals surface area contributed by atoms with E-state index in [-0.39, 0.29) is 5.54 Å². The highest BCUT2D eigenvalue weighted by molar-refractivity contribution is 4.98. The standard InChI is InChI=1S/C10H20N2O.C2H6/c1-9(2)12-5-4-11-10(7-12)3-6-13-8-10;1-2/h9,11H,3-8H2,1-2H3;1-2H3. The molecule has 3 heteroatoms. The summed E-state index contributed by atoms with van der Waals surface area (Å²) in [5.74, 6) is 0. The van der Waals surface area contributed by atoms with Crippen molar-refractivity contribution in [2.24, 2.45) is 0 Å². The third kappa shape index (κ3) is 3.16. The number of rotatable bonds is 1. The van der Waals surface area contributed by atoms with Crippen LogP contribution in [0.1, 0.15) is 34.1 Å². The molecule has 0 aromatic rings. The van der Waals surface area contributed by atoms with Crippen LogP contribution in [0.3, 0.4) is 0 Å². The first kappa shape index (κ1) is 12.9. The van der Waals surface area contributed by atoms with Gasteiger partial charge in [-0.25, -0.2) is 0 Å². The Morgan fingerprint density at radius 1 is 1.33 bits per heavy atom. The minimum atomic E-state index is 0.280. The molecule has 2 aliphatic rings. The molecule has 2 fully saturated rings. The van der Waals surface area contributed by atoms with E-state index in [1.54, 1.807) is 0 Å². The maximum Gasteiger partial charge on any atom is 0.0661 e. The zero-order valence-corrected chi connectivity index (χ0v) is 10.7. The molecule has 0 aromatic carbocycles.